The van der Waals surface area contributed by atoms with Crippen LogP contribution in [0.2, 0.25) is 0 Å². The number of hydrogen-bond acceptors (Lipinski definition) is 6. The highest BCUT2D eigenvalue weighted by Gasteiger charge is 2.08. The van der Waals surface area contributed by atoms with Gasteiger partial charge in [0.1, 0.15) is 0 Å². The van der Waals surface area contributed by atoms with E-state index in [0.29, 0.717) is 12.4 Å². The van der Waals surface area contributed by atoms with Crippen LogP contribution in [0.3, 0.4) is 0 Å². The SMILES string of the molecule is CCc1c(N)nnn1Cc1cnsn1. The Hall–Kier alpha value is -1.50. The van der Waals surface area contributed by atoms with Crippen LogP contribution in [0.1, 0.15) is 18.3 Å². The van der Waals surface area contributed by atoms with Gasteiger partial charge in [-0.05, 0) is 6.42 Å². The predicted molar refractivity (Wildman–Crippen MR) is 52.8 cm³/mol. The van der Waals surface area contributed by atoms with E-state index in [1.165, 1.54) is 11.7 Å². The maximum atomic E-state index is 5.65. The molecule has 0 fully saturated rings. The van der Waals surface area contributed by atoms with E-state index in [-0.39, 0.29) is 0 Å². The van der Waals surface area contributed by atoms with Crippen LogP contribution in [-0.2, 0) is 13.0 Å². The lowest BCUT2D eigenvalue weighted by Crippen LogP contribution is -2.06. The minimum Gasteiger partial charge on any atom is -0.381 e. The first-order valence-electron chi connectivity index (χ1n) is 4.25. The molecular weight excluding hydrogens is 200 g/mol. The zero-order valence-corrected chi connectivity index (χ0v) is 8.53. The number of nitrogens with two attached hydrogens (primary N) is 1. The van der Waals surface area contributed by atoms with Crippen molar-refractivity contribution in [2.24, 2.45) is 0 Å². The molecule has 0 atom stereocenters. The Morgan fingerprint density at radius 2 is 2.43 bits per heavy atom. The van der Waals surface area contributed by atoms with Crippen molar-refractivity contribution in [1.82, 2.24) is 23.7 Å². The molecule has 0 saturated carbocycles. The van der Waals surface area contributed by atoms with Gasteiger partial charge < -0.3 is 5.73 Å². The summed E-state index contributed by atoms with van der Waals surface area (Å²) in [6.45, 7) is 2.61. The third-order valence-corrected chi connectivity index (χ3v) is 2.44. The summed E-state index contributed by atoms with van der Waals surface area (Å²) in [6, 6.07) is 0. The molecule has 0 aromatic carbocycles. The molecule has 2 N–H and O–H groups in total. The van der Waals surface area contributed by atoms with Gasteiger partial charge in [0.25, 0.3) is 0 Å². The van der Waals surface area contributed by atoms with E-state index in [1.807, 2.05) is 6.92 Å². The third kappa shape index (κ3) is 1.58. The van der Waals surface area contributed by atoms with E-state index in [4.69, 9.17) is 5.73 Å². The van der Waals surface area contributed by atoms with Crippen molar-refractivity contribution in [2.45, 2.75) is 19.9 Å². The summed E-state index contributed by atoms with van der Waals surface area (Å²) in [5.74, 6) is 0.496. The second-order valence-corrected chi connectivity index (χ2v) is 3.39. The van der Waals surface area contributed by atoms with Gasteiger partial charge in [-0.25, -0.2) is 4.68 Å². The maximum absolute atomic E-state index is 5.65. The minimum absolute atomic E-state index is 0.496. The third-order valence-electron chi connectivity index (χ3n) is 1.92. The molecule has 2 aromatic rings. The first-order valence-corrected chi connectivity index (χ1v) is 4.98. The van der Waals surface area contributed by atoms with Crippen LogP contribution in [0.25, 0.3) is 0 Å². The maximum Gasteiger partial charge on any atom is 0.169 e. The molecule has 0 amide bonds. The number of rotatable bonds is 3. The molecule has 74 valence electrons. The Bertz CT molecular complexity index is 406. The first-order chi connectivity index (χ1) is 6.81. The number of hydrogen-bond donors (Lipinski definition) is 1. The molecule has 0 bridgehead atoms. The topological polar surface area (TPSA) is 82.5 Å². The molecule has 0 aliphatic rings. The van der Waals surface area contributed by atoms with Gasteiger partial charge in [-0.3, -0.25) is 0 Å². The number of aromatic nitrogens is 5. The van der Waals surface area contributed by atoms with Crippen LogP contribution >= 0.6 is 11.7 Å². The molecule has 0 aliphatic carbocycles. The molecule has 0 radical (unpaired) electrons. The molecular formula is C7H10N6S. The van der Waals surface area contributed by atoms with Gasteiger partial charge >= 0.3 is 0 Å². The van der Waals surface area contributed by atoms with Crippen LogP contribution in [0.15, 0.2) is 6.20 Å². The van der Waals surface area contributed by atoms with Crippen LogP contribution < -0.4 is 5.73 Å². The second kappa shape index (κ2) is 3.70. The van der Waals surface area contributed by atoms with Gasteiger partial charge in [0, 0.05) is 0 Å². The second-order valence-electron chi connectivity index (χ2n) is 2.83. The quantitative estimate of drug-likeness (QED) is 0.789. The lowest BCUT2D eigenvalue weighted by atomic mass is 10.3. The largest absolute Gasteiger partial charge is 0.381 e. The van der Waals surface area contributed by atoms with Crippen molar-refractivity contribution in [2.75, 3.05) is 5.73 Å². The fraction of sp³-hybridized carbons (Fsp3) is 0.429. The van der Waals surface area contributed by atoms with E-state index in [9.17, 15) is 0 Å². The molecule has 2 aromatic heterocycles. The Balaban J connectivity index is 2.25. The smallest absolute Gasteiger partial charge is 0.169 e. The van der Waals surface area contributed by atoms with Crippen molar-refractivity contribution in [3.63, 3.8) is 0 Å². The number of nitrogens with zero attached hydrogens (tertiary/aromatic N) is 5. The van der Waals surface area contributed by atoms with Gasteiger partial charge in [0.15, 0.2) is 5.82 Å². The highest BCUT2D eigenvalue weighted by molar-refractivity contribution is 6.99. The summed E-state index contributed by atoms with van der Waals surface area (Å²) in [5, 5.41) is 7.75. The fourth-order valence-electron chi connectivity index (χ4n) is 1.24. The zero-order chi connectivity index (χ0) is 9.97. The van der Waals surface area contributed by atoms with Crippen molar-refractivity contribution in [1.29, 1.82) is 0 Å². The monoisotopic (exact) mass is 210 g/mol. The predicted octanol–water partition coefficient (Wildman–Crippen LogP) is 0.322. The van der Waals surface area contributed by atoms with Crippen LogP contribution in [0.4, 0.5) is 5.82 Å². The van der Waals surface area contributed by atoms with Gasteiger partial charge in [0.05, 0.1) is 35.9 Å². The van der Waals surface area contributed by atoms with Crippen LogP contribution in [0, 0.1) is 0 Å². The highest BCUT2D eigenvalue weighted by Crippen LogP contribution is 2.09. The Morgan fingerprint density at radius 1 is 1.57 bits per heavy atom. The lowest BCUT2D eigenvalue weighted by Gasteiger charge is -2.01. The van der Waals surface area contributed by atoms with Crippen LogP contribution in [0.5, 0.6) is 0 Å². The lowest BCUT2D eigenvalue weighted by molar-refractivity contribution is 0.615. The summed E-state index contributed by atoms with van der Waals surface area (Å²) in [7, 11) is 0. The van der Waals surface area contributed by atoms with Crippen molar-refractivity contribution in [3.8, 4) is 0 Å². The average Bonchev–Trinajstić information content (AvgIpc) is 2.77. The zero-order valence-electron chi connectivity index (χ0n) is 7.71. The molecule has 6 nitrogen and oxygen atoms in total. The summed E-state index contributed by atoms with van der Waals surface area (Å²) in [5.41, 5.74) is 7.48. The van der Waals surface area contributed by atoms with Crippen molar-refractivity contribution >= 4 is 17.5 Å². The standard InChI is InChI=1S/C7H10N6S/c1-2-6-7(8)10-12-13(6)4-5-3-9-14-11-5/h3H,2,4,8H2,1H3. The van der Waals surface area contributed by atoms with Crippen LogP contribution in [-0.4, -0.2) is 23.7 Å². The molecule has 14 heavy (non-hydrogen) atoms. The van der Waals surface area contributed by atoms with Crippen molar-refractivity contribution in [3.05, 3.63) is 17.6 Å². The summed E-state index contributed by atoms with van der Waals surface area (Å²) >= 11 is 1.19. The Kier molecular flexibility index (Phi) is 2.40. The number of anilines is 1. The first kappa shape index (κ1) is 9.07. The van der Waals surface area contributed by atoms with Gasteiger partial charge in [0.2, 0.25) is 0 Å². The summed E-state index contributed by atoms with van der Waals surface area (Å²) in [4.78, 5) is 0. The Labute approximate surface area is 85.1 Å². The Morgan fingerprint density at radius 3 is 3.07 bits per heavy atom. The fourth-order valence-corrected chi connectivity index (χ4v) is 1.67. The molecule has 7 heteroatoms. The molecule has 0 unspecified atom stereocenters. The van der Waals surface area contributed by atoms with E-state index >= 15 is 0 Å². The van der Waals surface area contributed by atoms with Gasteiger partial charge in [-0.15, -0.1) is 5.10 Å². The molecule has 0 aliphatic heterocycles. The summed E-state index contributed by atoms with van der Waals surface area (Å²) in [6.07, 6.45) is 2.54. The van der Waals surface area contributed by atoms with E-state index in [1.54, 1.807) is 10.9 Å². The summed E-state index contributed by atoms with van der Waals surface area (Å²) < 4.78 is 9.77. The molecule has 0 saturated heterocycles. The van der Waals surface area contributed by atoms with E-state index in [2.05, 4.69) is 19.1 Å². The van der Waals surface area contributed by atoms with E-state index in [0.717, 1.165) is 17.8 Å². The van der Waals surface area contributed by atoms with E-state index < -0.39 is 0 Å². The highest BCUT2D eigenvalue weighted by atomic mass is 32.1. The molecule has 2 heterocycles. The average molecular weight is 210 g/mol. The van der Waals surface area contributed by atoms with Gasteiger partial charge in [-0.1, -0.05) is 12.1 Å². The number of nitrogen functional groups attached to an aromatic ring is 1. The molecule has 2 rings (SSSR count). The van der Waals surface area contributed by atoms with Gasteiger partial charge in [-0.2, -0.15) is 8.75 Å². The normalized spacial score (nSPS) is 10.6. The van der Waals surface area contributed by atoms with Crippen molar-refractivity contribution < 1.29 is 0 Å². The minimum atomic E-state index is 0.496. The molecule has 0 spiro atoms.